The van der Waals surface area contributed by atoms with Gasteiger partial charge in [0.25, 0.3) is 0 Å². The van der Waals surface area contributed by atoms with E-state index in [4.69, 9.17) is 17.2 Å². The predicted octanol–water partition coefficient (Wildman–Crippen LogP) is -2.72. The number of carbonyl (C=O) groups excluding carboxylic acids is 4. The smallest absolute Gasteiger partial charge is 0.326 e. The lowest BCUT2D eigenvalue weighted by molar-refractivity contribution is -0.143. The second-order valence-corrected chi connectivity index (χ2v) is 8.25. The zero-order valence-corrected chi connectivity index (χ0v) is 19.4. The van der Waals surface area contributed by atoms with Crippen molar-refractivity contribution in [3.63, 3.8) is 0 Å². The normalized spacial score (nSPS) is 15.6. The summed E-state index contributed by atoms with van der Waals surface area (Å²) >= 11 is 0. The third-order valence-electron chi connectivity index (χ3n) is 4.91. The first kappa shape index (κ1) is 30.2. The van der Waals surface area contributed by atoms with Crippen molar-refractivity contribution in [2.75, 3.05) is 6.54 Å². The molecule has 5 unspecified atom stereocenters. The summed E-state index contributed by atoms with van der Waals surface area (Å²) < 4.78 is 0. The van der Waals surface area contributed by atoms with Gasteiger partial charge < -0.3 is 43.4 Å². The van der Waals surface area contributed by atoms with Crippen molar-refractivity contribution >= 4 is 29.6 Å². The molecule has 0 aliphatic rings. The molecule has 0 spiro atoms. The second kappa shape index (κ2) is 15.1. The number of aliphatic hydroxyl groups is 1. The van der Waals surface area contributed by atoms with Gasteiger partial charge in [-0.05, 0) is 45.1 Å². The van der Waals surface area contributed by atoms with Gasteiger partial charge >= 0.3 is 5.97 Å². The largest absolute Gasteiger partial charge is 0.480 e. The van der Waals surface area contributed by atoms with Crippen molar-refractivity contribution in [1.29, 1.82) is 0 Å². The molecular formula is C20H38N6O7. The molecule has 33 heavy (non-hydrogen) atoms. The van der Waals surface area contributed by atoms with Crippen LogP contribution in [-0.2, 0) is 24.0 Å². The monoisotopic (exact) mass is 474 g/mol. The molecule has 0 aliphatic carbocycles. The highest BCUT2D eigenvalue weighted by Gasteiger charge is 2.32. The summed E-state index contributed by atoms with van der Waals surface area (Å²) in [5, 5.41) is 26.5. The minimum atomic E-state index is -1.44. The van der Waals surface area contributed by atoms with Crippen LogP contribution in [0, 0.1) is 5.92 Å². The lowest BCUT2D eigenvalue weighted by atomic mass is 10.0. The Morgan fingerprint density at radius 3 is 1.88 bits per heavy atom. The second-order valence-electron chi connectivity index (χ2n) is 8.25. The van der Waals surface area contributed by atoms with Crippen LogP contribution >= 0.6 is 0 Å². The van der Waals surface area contributed by atoms with Gasteiger partial charge in [0.1, 0.15) is 18.1 Å². The standard InChI is InChI=1S/C20H38N6O7/c1-10(2)15(20(32)33)25-18(30)13(6-4-5-9-21)24-19(31)16(11(3)27)26-17(29)12(22)7-8-14(23)28/h10-13,15-16,27H,4-9,21-22H2,1-3H3,(H2,23,28)(H,24,31)(H,25,30)(H,26,29)(H,32,33). The maximum absolute atomic E-state index is 12.8. The molecule has 0 aromatic carbocycles. The summed E-state index contributed by atoms with van der Waals surface area (Å²) in [7, 11) is 0. The summed E-state index contributed by atoms with van der Waals surface area (Å²) in [6, 6.07) is -4.87. The number of rotatable bonds is 16. The Morgan fingerprint density at radius 2 is 1.42 bits per heavy atom. The summed E-state index contributed by atoms with van der Waals surface area (Å²) in [4.78, 5) is 60.1. The fourth-order valence-corrected chi connectivity index (χ4v) is 2.88. The van der Waals surface area contributed by atoms with E-state index in [0.717, 1.165) is 0 Å². The first-order valence-corrected chi connectivity index (χ1v) is 10.9. The van der Waals surface area contributed by atoms with Crippen LogP contribution in [0.2, 0.25) is 0 Å². The van der Waals surface area contributed by atoms with Gasteiger partial charge in [0.05, 0.1) is 12.1 Å². The van der Waals surface area contributed by atoms with Crippen molar-refractivity contribution < 1.29 is 34.2 Å². The summed E-state index contributed by atoms with van der Waals surface area (Å²) in [6.07, 6.45) is -0.324. The van der Waals surface area contributed by atoms with Crippen molar-refractivity contribution in [2.45, 2.75) is 83.1 Å². The molecule has 13 heteroatoms. The number of nitrogens with one attached hydrogen (secondary N) is 3. The molecule has 0 aliphatic heterocycles. The Hall–Kier alpha value is -2.77. The first-order valence-electron chi connectivity index (χ1n) is 10.9. The predicted molar refractivity (Wildman–Crippen MR) is 119 cm³/mol. The van der Waals surface area contributed by atoms with E-state index in [-0.39, 0.29) is 19.3 Å². The fraction of sp³-hybridized carbons (Fsp3) is 0.750. The summed E-state index contributed by atoms with van der Waals surface area (Å²) in [5.74, 6) is -4.62. The molecule has 0 fully saturated rings. The molecule has 0 saturated carbocycles. The zero-order chi connectivity index (χ0) is 25.7. The average Bonchev–Trinajstić information content (AvgIpc) is 2.71. The van der Waals surface area contributed by atoms with Crippen molar-refractivity contribution in [2.24, 2.45) is 23.1 Å². The number of carboxylic acid groups (broad SMARTS) is 1. The van der Waals surface area contributed by atoms with E-state index >= 15 is 0 Å². The Bertz CT molecular complexity index is 686. The van der Waals surface area contributed by atoms with Crippen LogP contribution in [-0.4, -0.2) is 76.6 Å². The lowest BCUT2D eigenvalue weighted by Gasteiger charge is -2.27. The number of primary amides is 1. The van der Waals surface area contributed by atoms with Gasteiger partial charge in [0.15, 0.2) is 0 Å². The highest BCUT2D eigenvalue weighted by Crippen LogP contribution is 2.07. The van der Waals surface area contributed by atoms with E-state index in [2.05, 4.69) is 16.0 Å². The quantitative estimate of drug-likeness (QED) is 0.108. The molecule has 4 amide bonds. The van der Waals surface area contributed by atoms with Gasteiger partial charge in [-0.3, -0.25) is 19.2 Å². The third kappa shape index (κ3) is 11.6. The minimum Gasteiger partial charge on any atom is -0.480 e. The van der Waals surface area contributed by atoms with E-state index in [0.29, 0.717) is 19.4 Å². The molecule has 0 aromatic rings. The van der Waals surface area contributed by atoms with Crippen LogP contribution < -0.4 is 33.2 Å². The number of hydrogen-bond acceptors (Lipinski definition) is 8. The molecule has 0 saturated heterocycles. The number of carbonyl (C=O) groups is 5. The number of unbranched alkanes of at least 4 members (excludes halogenated alkanes) is 1. The van der Waals surface area contributed by atoms with Crippen molar-refractivity contribution in [3.8, 4) is 0 Å². The van der Waals surface area contributed by atoms with Crippen LogP contribution in [0.25, 0.3) is 0 Å². The van der Waals surface area contributed by atoms with E-state index in [1.807, 2.05) is 0 Å². The van der Waals surface area contributed by atoms with Gasteiger partial charge in [-0.2, -0.15) is 0 Å². The molecular weight excluding hydrogens is 436 g/mol. The number of aliphatic carboxylic acids is 1. The topological polar surface area (TPSA) is 240 Å². The third-order valence-corrected chi connectivity index (χ3v) is 4.91. The van der Waals surface area contributed by atoms with E-state index in [9.17, 15) is 34.2 Å². The molecule has 190 valence electrons. The van der Waals surface area contributed by atoms with E-state index in [1.165, 1.54) is 6.92 Å². The molecule has 5 atom stereocenters. The van der Waals surface area contributed by atoms with Crippen LogP contribution in [0.15, 0.2) is 0 Å². The lowest BCUT2D eigenvalue weighted by Crippen LogP contribution is -2.60. The number of amides is 4. The number of carboxylic acids is 1. The SMILES string of the molecule is CC(C)C(NC(=O)C(CCCCN)NC(=O)C(NC(=O)C(N)CCC(N)=O)C(C)O)C(=O)O. The van der Waals surface area contributed by atoms with Gasteiger partial charge in [0.2, 0.25) is 23.6 Å². The average molecular weight is 475 g/mol. The Balaban J connectivity index is 5.39. The molecule has 0 aromatic heterocycles. The highest BCUT2D eigenvalue weighted by molar-refractivity contribution is 5.94. The van der Waals surface area contributed by atoms with Crippen LogP contribution in [0.5, 0.6) is 0 Å². The zero-order valence-electron chi connectivity index (χ0n) is 19.4. The maximum Gasteiger partial charge on any atom is 0.326 e. The Morgan fingerprint density at radius 1 is 0.848 bits per heavy atom. The molecule has 11 N–H and O–H groups in total. The molecule has 0 heterocycles. The fourth-order valence-electron chi connectivity index (χ4n) is 2.88. The Kier molecular flexibility index (Phi) is 13.9. The summed E-state index contributed by atoms with van der Waals surface area (Å²) in [6.45, 7) is 4.88. The van der Waals surface area contributed by atoms with Crippen LogP contribution in [0.3, 0.4) is 0 Å². The van der Waals surface area contributed by atoms with E-state index < -0.39 is 65.8 Å². The Labute approximate surface area is 193 Å². The van der Waals surface area contributed by atoms with Gasteiger partial charge in [-0.15, -0.1) is 0 Å². The molecule has 0 bridgehead atoms. The van der Waals surface area contributed by atoms with Gasteiger partial charge in [-0.1, -0.05) is 13.8 Å². The molecule has 0 rings (SSSR count). The molecule has 13 nitrogen and oxygen atoms in total. The first-order chi connectivity index (χ1) is 15.3. The number of aliphatic hydroxyl groups excluding tert-OH is 1. The van der Waals surface area contributed by atoms with Crippen molar-refractivity contribution in [1.82, 2.24) is 16.0 Å². The summed E-state index contributed by atoms with van der Waals surface area (Å²) in [5.41, 5.74) is 16.2. The highest BCUT2D eigenvalue weighted by atomic mass is 16.4. The van der Waals surface area contributed by atoms with Crippen LogP contribution in [0.1, 0.15) is 52.9 Å². The van der Waals surface area contributed by atoms with E-state index in [1.54, 1.807) is 13.8 Å². The van der Waals surface area contributed by atoms with Gasteiger partial charge in [-0.25, -0.2) is 4.79 Å². The minimum absolute atomic E-state index is 0.0504. The maximum atomic E-state index is 12.8. The number of nitrogens with two attached hydrogens (primary N) is 3. The van der Waals surface area contributed by atoms with Crippen LogP contribution in [0.4, 0.5) is 0 Å². The molecule has 0 radical (unpaired) electrons. The van der Waals surface area contributed by atoms with Crippen molar-refractivity contribution in [3.05, 3.63) is 0 Å². The van der Waals surface area contributed by atoms with Gasteiger partial charge in [0, 0.05) is 6.42 Å². The number of hydrogen-bond donors (Lipinski definition) is 8.